The van der Waals surface area contributed by atoms with Crippen molar-refractivity contribution in [3.05, 3.63) is 35.5 Å². The van der Waals surface area contributed by atoms with Crippen LogP contribution in [0, 0.1) is 5.92 Å². The van der Waals surface area contributed by atoms with Gasteiger partial charge in [-0.25, -0.2) is 4.79 Å². The van der Waals surface area contributed by atoms with Crippen molar-refractivity contribution in [3.63, 3.8) is 0 Å². The van der Waals surface area contributed by atoms with Gasteiger partial charge in [0, 0.05) is 29.6 Å². The molecular formula is C18H22N2O4. The lowest BCUT2D eigenvalue weighted by Gasteiger charge is -2.32. The van der Waals surface area contributed by atoms with E-state index in [4.69, 9.17) is 4.74 Å². The van der Waals surface area contributed by atoms with E-state index in [9.17, 15) is 14.7 Å². The monoisotopic (exact) mass is 330 g/mol. The van der Waals surface area contributed by atoms with Crippen LogP contribution in [0.3, 0.4) is 0 Å². The average Bonchev–Trinajstić information content (AvgIpc) is 2.89. The van der Waals surface area contributed by atoms with Crippen LogP contribution in [0.5, 0.6) is 0 Å². The fourth-order valence-corrected chi connectivity index (χ4v) is 3.19. The number of benzene rings is 1. The molecule has 6 heteroatoms. The van der Waals surface area contributed by atoms with Crippen molar-refractivity contribution in [1.82, 2.24) is 10.3 Å². The molecular weight excluding hydrogens is 308 g/mol. The van der Waals surface area contributed by atoms with Gasteiger partial charge in [-0.05, 0) is 31.7 Å². The average molecular weight is 330 g/mol. The van der Waals surface area contributed by atoms with Crippen LogP contribution in [0.15, 0.2) is 24.3 Å². The van der Waals surface area contributed by atoms with Crippen molar-refractivity contribution in [1.29, 1.82) is 0 Å². The summed E-state index contributed by atoms with van der Waals surface area (Å²) < 4.78 is 5.61. The highest BCUT2D eigenvalue weighted by Gasteiger charge is 2.33. The summed E-state index contributed by atoms with van der Waals surface area (Å²) >= 11 is 0. The number of carbonyl (C=O) groups excluding carboxylic acids is 1. The Kier molecular flexibility index (Phi) is 4.85. The number of rotatable bonds is 7. The van der Waals surface area contributed by atoms with Gasteiger partial charge in [-0.1, -0.05) is 24.6 Å². The quantitative estimate of drug-likeness (QED) is 0.728. The van der Waals surface area contributed by atoms with Crippen molar-refractivity contribution in [2.24, 2.45) is 5.92 Å². The first-order chi connectivity index (χ1) is 11.6. The second-order valence-electron chi connectivity index (χ2n) is 6.11. The molecule has 1 amide bonds. The molecule has 1 heterocycles. The fraction of sp³-hybridized carbons (Fsp3) is 0.444. The van der Waals surface area contributed by atoms with E-state index in [0.29, 0.717) is 12.2 Å². The Labute approximate surface area is 140 Å². The molecule has 1 aromatic heterocycles. The van der Waals surface area contributed by atoms with Gasteiger partial charge in [0.05, 0.1) is 0 Å². The molecule has 0 aliphatic heterocycles. The normalized spacial score (nSPS) is 15.9. The molecule has 1 saturated carbocycles. The Morgan fingerprint density at radius 3 is 2.75 bits per heavy atom. The van der Waals surface area contributed by atoms with Crippen LogP contribution < -0.4 is 5.32 Å². The number of carboxylic acids is 1. The third kappa shape index (κ3) is 3.14. The van der Waals surface area contributed by atoms with Gasteiger partial charge < -0.3 is 20.1 Å². The lowest BCUT2D eigenvalue weighted by molar-refractivity contribution is -0.138. The van der Waals surface area contributed by atoms with E-state index in [0.717, 1.165) is 30.2 Å². The minimum absolute atomic E-state index is 0.119. The van der Waals surface area contributed by atoms with E-state index in [2.05, 4.69) is 10.3 Å². The number of para-hydroxylation sites is 1. The van der Waals surface area contributed by atoms with Crippen LogP contribution in [0.2, 0.25) is 0 Å². The Bertz CT molecular complexity index is 749. The van der Waals surface area contributed by atoms with E-state index in [-0.39, 0.29) is 24.1 Å². The van der Waals surface area contributed by atoms with Crippen molar-refractivity contribution in [2.45, 2.75) is 38.8 Å². The summed E-state index contributed by atoms with van der Waals surface area (Å²) in [6.45, 7) is 2.53. The molecule has 1 fully saturated rings. The van der Waals surface area contributed by atoms with Crippen LogP contribution in [-0.2, 0) is 16.1 Å². The van der Waals surface area contributed by atoms with Crippen LogP contribution in [0.4, 0.5) is 0 Å². The maximum Gasteiger partial charge on any atom is 0.352 e. The number of ether oxygens (including phenoxy) is 1. The number of aromatic carboxylic acids is 1. The Morgan fingerprint density at radius 2 is 2.12 bits per heavy atom. The number of H-pyrrole nitrogens is 1. The smallest absolute Gasteiger partial charge is 0.352 e. The molecule has 6 nitrogen and oxygen atoms in total. The standard InChI is InChI=1S/C18H22N2O4/c1-2-24-16(11-6-5-7-11)17(21)19-10-13-12-8-3-4-9-14(12)20-15(13)18(22)23/h3-4,8-9,11,16,20H,2,5-7,10H2,1H3,(H,19,21)(H,22,23). The molecule has 1 unspecified atom stereocenters. The highest BCUT2D eigenvalue weighted by Crippen LogP contribution is 2.31. The molecule has 1 atom stereocenters. The molecule has 3 rings (SSSR count). The van der Waals surface area contributed by atoms with Crippen LogP contribution in [0.25, 0.3) is 10.9 Å². The van der Waals surface area contributed by atoms with Crippen molar-refractivity contribution < 1.29 is 19.4 Å². The molecule has 0 bridgehead atoms. The number of carboxylic acid groups (broad SMARTS) is 1. The molecule has 0 saturated heterocycles. The molecule has 128 valence electrons. The van der Waals surface area contributed by atoms with Gasteiger partial charge in [0.1, 0.15) is 11.8 Å². The lowest BCUT2D eigenvalue weighted by Crippen LogP contribution is -2.43. The Morgan fingerprint density at radius 1 is 1.38 bits per heavy atom. The second-order valence-corrected chi connectivity index (χ2v) is 6.11. The van der Waals surface area contributed by atoms with E-state index >= 15 is 0 Å². The number of carbonyl (C=O) groups is 2. The van der Waals surface area contributed by atoms with Gasteiger partial charge in [-0.15, -0.1) is 0 Å². The molecule has 24 heavy (non-hydrogen) atoms. The summed E-state index contributed by atoms with van der Waals surface area (Å²) in [7, 11) is 0. The molecule has 3 N–H and O–H groups in total. The summed E-state index contributed by atoms with van der Waals surface area (Å²) in [4.78, 5) is 26.9. The number of amides is 1. The van der Waals surface area contributed by atoms with Crippen molar-refractivity contribution >= 4 is 22.8 Å². The first kappa shape index (κ1) is 16.5. The van der Waals surface area contributed by atoms with E-state index < -0.39 is 12.1 Å². The number of hydrogen-bond acceptors (Lipinski definition) is 3. The molecule has 1 aromatic carbocycles. The van der Waals surface area contributed by atoms with Crippen LogP contribution in [-0.4, -0.2) is 34.7 Å². The van der Waals surface area contributed by atoms with Crippen LogP contribution >= 0.6 is 0 Å². The Balaban J connectivity index is 1.78. The molecule has 1 aliphatic rings. The molecule has 0 spiro atoms. The van der Waals surface area contributed by atoms with Gasteiger partial charge in [0.2, 0.25) is 5.91 Å². The van der Waals surface area contributed by atoms with Crippen molar-refractivity contribution in [2.75, 3.05) is 6.61 Å². The first-order valence-corrected chi connectivity index (χ1v) is 8.34. The van der Waals surface area contributed by atoms with Crippen molar-refractivity contribution in [3.8, 4) is 0 Å². The second kappa shape index (κ2) is 7.05. The minimum atomic E-state index is -1.03. The zero-order valence-electron chi connectivity index (χ0n) is 13.7. The zero-order valence-corrected chi connectivity index (χ0v) is 13.7. The molecule has 0 radical (unpaired) electrons. The lowest BCUT2D eigenvalue weighted by atomic mass is 9.80. The summed E-state index contributed by atoms with van der Waals surface area (Å²) in [6, 6.07) is 7.37. The predicted octanol–water partition coefficient (Wildman–Crippen LogP) is 2.69. The van der Waals surface area contributed by atoms with Gasteiger partial charge in [-0.2, -0.15) is 0 Å². The minimum Gasteiger partial charge on any atom is -0.477 e. The summed E-state index contributed by atoms with van der Waals surface area (Å²) in [5.74, 6) is -0.925. The van der Waals surface area contributed by atoms with Gasteiger partial charge in [0.15, 0.2) is 0 Å². The molecule has 1 aliphatic carbocycles. The van der Waals surface area contributed by atoms with E-state index in [1.54, 1.807) is 0 Å². The third-order valence-electron chi connectivity index (χ3n) is 4.65. The number of aromatic nitrogens is 1. The maximum atomic E-state index is 12.5. The topological polar surface area (TPSA) is 91.4 Å². The van der Waals surface area contributed by atoms with Gasteiger partial charge in [0.25, 0.3) is 0 Å². The summed E-state index contributed by atoms with van der Waals surface area (Å²) in [5, 5.41) is 13.1. The molecule has 2 aromatic rings. The van der Waals surface area contributed by atoms with E-state index in [1.807, 2.05) is 31.2 Å². The number of nitrogens with one attached hydrogen (secondary N) is 2. The van der Waals surface area contributed by atoms with Crippen LogP contribution in [0.1, 0.15) is 42.2 Å². The largest absolute Gasteiger partial charge is 0.477 e. The third-order valence-corrected chi connectivity index (χ3v) is 4.65. The Hall–Kier alpha value is -2.34. The highest BCUT2D eigenvalue weighted by molar-refractivity contribution is 5.97. The first-order valence-electron chi connectivity index (χ1n) is 8.34. The maximum absolute atomic E-state index is 12.5. The van der Waals surface area contributed by atoms with E-state index in [1.165, 1.54) is 0 Å². The summed E-state index contributed by atoms with van der Waals surface area (Å²) in [5.41, 5.74) is 1.46. The number of fused-ring (bicyclic) bond motifs is 1. The predicted molar refractivity (Wildman–Crippen MR) is 89.9 cm³/mol. The number of hydrogen-bond donors (Lipinski definition) is 3. The van der Waals surface area contributed by atoms with Gasteiger partial charge in [-0.3, -0.25) is 4.79 Å². The van der Waals surface area contributed by atoms with Gasteiger partial charge >= 0.3 is 5.97 Å². The summed E-state index contributed by atoms with van der Waals surface area (Å²) in [6.07, 6.45) is 2.70. The fourth-order valence-electron chi connectivity index (χ4n) is 3.19. The highest BCUT2D eigenvalue weighted by atomic mass is 16.5. The SMILES string of the molecule is CCOC(C(=O)NCc1c(C(=O)O)[nH]c2ccccc12)C1CCC1. The number of aromatic amines is 1. The zero-order chi connectivity index (χ0) is 17.1.